The number of aromatic amines is 1. The average molecular weight is 303 g/mol. The van der Waals surface area contributed by atoms with Gasteiger partial charge in [0, 0.05) is 16.2 Å². The summed E-state index contributed by atoms with van der Waals surface area (Å²) in [5.41, 5.74) is 7.72. The lowest BCUT2D eigenvalue weighted by Crippen LogP contribution is -1.85. The Kier molecular flexibility index (Phi) is 3.70. The second-order valence-electron chi connectivity index (χ2n) is 4.19. The van der Waals surface area contributed by atoms with Crippen molar-refractivity contribution in [3.8, 4) is 10.6 Å². The molecule has 5 nitrogen and oxygen atoms in total. The van der Waals surface area contributed by atoms with Crippen molar-refractivity contribution in [3.63, 3.8) is 0 Å². The highest BCUT2D eigenvalue weighted by Gasteiger charge is 2.11. The van der Waals surface area contributed by atoms with Crippen LogP contribution in [0, 0.1) is 6.92 Å². The standard InChI is InChI=1S/C13H13N5S2/c1-8-10(7-19-13-16-12(14)17-18-13)20-11(15-8)9-5-3-2-4-6-9/h2-6H,7H2,1H3,(H3,14,16,17,18). The molecule has 3 aromatic rings. The number of thiazole rings is 1. The molecule has 2 heterocycles. The summed E-state index contributed by atoms with van der Waals surface area (Å²) in [6.45, 7) is 2.03. The number of rotatable bonds is 4. The van der Waals surface area contributed by atoms with E-state index in [-0.39, 0.29) is 0 Å². The van der Waals surface area contributed by atoms with Crippen molar-refractivity contribution < 1.29 is 0 Å². The van der Waals surface area contributed by atoms with Gasteiger partial charge in [-0.2, -0.15) is 4.98 Å². The van der Waals surface area contributed by atoms with Gasteiger partial charge < -0.3 is 5.73 Å². The molecule has 7 heteroatoms. The molecule has 3 rings (SSSR count). The van der Waals surface area contributed by atoms with Crippen LogP contribution in [0.2, 0.25) is 0 Å². The van der Waals surface area contributed by atoms with Crippen LogP contribution in [0.15, 0.2) is 35.5 Å². The third kappa shape index (κ3) is 2.83. The maximum absolute atomic E-state index is 5.51. The smallest absolute Gasteiger partial charge is 0.216 e. The first-order chi connectivity index (χ1) is 9.72. The molecule has 0 unspecified atom stereocenters. The van der Waals surface area contributed by atoms with Gasteiger partial charge in [0.05, 0.1) is 5.69 Å². The zero-order valence-electron chi connectivity index (χ0n) is 10.8. The molecule has 0 atom stereocenters. The lowest BCUT2D eigenvalue weighted by Gasteiger charge is -1.94. The van der Waals surface area contributed by atoms with Crippen LogP contribution in [0.25, 0.3) is 10.6 Å². The predicted molar refractivity (Wildman–Crippen MR) is 82.6 cm³/mol. The highest BCUT2D eigenvalue weighted by atomic mass is 32.2. The van der Waals surface area contributed by atoms with E-state index in [1.54, 1.807) is 23.1 Å². The van der Waals surface area contributed by atoms with E-state index in [1.807, 2.05) is 25.1 Å². The van der Waals surface area contributed by atoms with Crippen molar-refractivity contribution in [2.45, 2.75) is 17.8 Å². The summed E-state index contributed by atoms with van der Waals surface area (Å²) in [5.74, 6) is 1.15. The molecular weight excluding hydrogens is 290 g/mol. The predicted octanol–water partition coefficient (Wildman–Crippen LogP) is 3.11. The fourth-order valence-electron chi connectivity index (χ4n) is 1.72. The highest BCUT2D eigenvalue weighted by Crippen LogP contribution is 2.31. The van der Waals surface area contributed by atoms with E-state index in [9.17, 15) is 0 Å². The average Bonchev–Trinajstić information content (AvgIpc) is 3.04. The zero-order chi connectivity index (χ0) is 13.9. The SMILES string of the molecule is Cc1nc(-c2ccccc2)sc1CSc1n[nH]c(N)n1. The van der Waals surface area contributed by atoms with Gasteiger partial charge in [-0.25, -0.2) is 10.1 Å². The van der Waals surface area contributed by atoms with Crippen LogP contribution in [-0.2, 0) is 5.75 Å². The van der Waals surface area contributed by atoms with Crippen molar-refractivity contribution >= 4 is 29.0 Å². The number of aromatic nitrogens is 4. The Balaban J connectivity index is 1.76. The van der Waals surface area contributed by atoms with Crippen LogP contribution in [0.5, 0.6) is 0 Å². The zero-order valence-corrected chi connectivity index (χ0v) is 12.5. The molecule has 2 aromatic heterocycles. The van der Waals surface area contributed by atoms with Crippen LogP contribution in [0.4, 0.5) is 5.95 Å². The van der Waals surface area contributed by atoms with E-state index in [4.69, 9.17) is 5.73 Å². The minimum Gasteiger partial charge on any atom is -0.368 e. The third-order valence-electron chi connectivity index (χ3n) is 2.73. The second-order valence-corrected chi connectivity index (χ2v) is 6.21. The summed E-state index contributed by atoms with van der Waals surface area (Å²) in [4.78, 5) is 9.94. The summed E-state index contributed by atoms with van der Waals surface area (Å²) in [6.07, 6.45) is 0. The Morgan fingerprint density at radius 3 is 2.75 bits per heavy atom. The molecule has 0 spiro atoms. The third-order valence-corrected chi connectivity index (χ3v) is 4.99. The number of nitrogens with two attached hydrogens (primary N) is 1. The molecule has 0 aliphatic rings. The molecule has 0 radical (unpaired) electrons. The number of nitrogen functional groups attached to an aromatic ring is 1. The van der Waals surface area contributed by atoms with Crippen molar-refractivity contribution in [2.24, 2.45) is 0 Å². The van der Waals surface area contributed by atoms with Gasteiger partial charge in [-0.1, -0.05) is 42.1 Å². The fraction of sp³-hybridized carbons (Fsp3) is 0.154. The monoisotopic (exact) mass is 303 g/mol. The quantitative estimate of drug-likeness (QED) is 0.724. The number of H-pyrrole nitrogens is 1. The summed E-state index contributed by atoms with van der Waals surface area (Å²) in [7, 11) is 0. The molecule has 0 amide bonds. The number of thioether (sulfide) groups is 1. The van der Waals surface area contributed by atoms with E-state index in [0.717, 1.165) is 22.0 Å². The Hall–Kier alpha value is -1.86. The van der Waals surface area contributed by atoms with Crippen molar-refractivity contribution in [1.82, 2.24) is 20.2 Å². The van der Waals surface area contributed by atoms with E-state index in [2.05, 4.69) is 32.3 Å². The Morgan fingerprint density at radius 1 is 1.25 bits per heavy atom. The van der Waals surface area contributed by atoms with Gasteiger partial charge in [-0.15, -0.1) is 16.4 Å². The van der Waals surface area contributed by atoms with Crippen LogP contribution in [0.3, 0.4) is 0 Å². The second kappa shape index (κ2) is 5.64. The normalized spacial score (nSPS) is 10.8. The van der Waals surface area contributed by atoms with E-state index in [0.29, 0.717) is 11.1 Å². The van der Waals surface area contributed by atoms with Crippen molar-refractivity contribution in [1.29, 1.82) is 0 Å². The molecule has 0 bridgehead atoms. The molecule has 0 fully saturated rings. The van der Waals surface area contributed by atoms with Gasteiger partial charge in [-0.05, 0) is 6.92 Å². The first-order valence-electron chi connectivity index (χ1n) is 6.05. The largest absolute Gasteiger partial charge is 0.368 e. The molecular formula is C13H13N5S2. The highest BCUT2D eigenvalue weighted by molar-refractivity contribution is 7.98. The first-order valence-corrected chi connectivity index (χ1v) is 7.85. The van der Waals surface area contributed by atoms with E-state index in [1.165, 1.54) is 4.88 Å². The lowest BCUT2D eigenvalue weighted by molar-refractivity contribution is 0.973. The molecule has 0 saturated heterocycles. The van der Waals surface area contributed by atoms with Crippen LogP contribution in [-0.4, -0.2) is 20.2 Å². The number of nitrogens with one attached hydrogen (secondary N) is 1. The molecule has 0 aliphatic heterocycles. The van der Waals surface area contributed by atoms with Gasteiger partial charge >= 0.3 is 0 Å². The maximum Gasteiger partial charge on any atom is 0.216 e. The lowest BCUT2D eigenvalue weighted by atomic mass is 10.2. The number of benzene rings is 1. The Morgan fingerprint density at radius 2 is 2.05 bits per heavy atom. The van der Waals surface area contributed by atoms with E-state index < -0.39 is 0 Å². The molecule has 0 aliphatic carbocycles. The van der Waals surface area contributed by atoms with Gasteiger partial charge in [-0.3, -0.25) is 0 Å². The minimum atomic E-state index is 0.346. The number of hydrogen-bond donors (Lipinski definition) is 2. The summed E-state index contributed by atoms with van der Waals surface area (Å²) in [6, 6.07) is 10.2. The Bertz CT molecular complexity index is 705. The van der Waals surface area contributed by atoms with Gasteiger partial charge in [0.2, 0.25) is 11.1 Å². The molecule has 1 aromatic carbocycles. The molecule has 0 saturated carbocycles. The number of hydrogen-bond acceptors (Lipinski definition) is 6. The summed E-state index contributed by atoms with van der Waals surface area (Å²) in [5, 5.41) is 8.36. The first kappa shape index (κ1) is 13.1. The topological polar surface area (TPSA) is 80.5 Å². The van der Waals surface area contributed by atoms with Gasteiger partial charge in [0.15, 0.2) is 0 Å². The van der Waals surface area contributed by atoms with Crippen LogP contribution in [0.1, 0.15) is 10.6 Å². The Labute approximate surface area is 124 Å². The maximum atomic E-state index is 5.51. The molecule has 3 N–H and O–H groups in total. The number of anilines is 1. The van der Waals surface area contributed by atoms with Gasteiger partial charge in [0.25, 0.3) is 0 Å². The van der Waals surface area contributed by atoms with Crippen LogP contribution >= 0.6 is 23.1 Å². The summed E-state index contributed by atoms with van der Waals surface area (Å²) < 4.78 is 0. The molecule has 102 valence electrons. The van der Waals surface area contributed by atoms with E-state index >= 15 is 0 Å². The van der Waals surface area contributed by atoms with Crippen molar-refractivity contribution in [2.75, 3.05) is 5.73 Å². The number of nitrogens with zero attached hydrogens (tertiary/aromatic N) is 3. The fourth-order valence-corrected chi connectivity index (χ4v) is 3.74. The summed E-state index contributed by atoms with van der Waals surface area (Å²) >= 11 is 3.26. The van der Waals surface area contributed by atoms with Crippen molar-refractivity contribution in [3.05, 3.63) is 40.9 Å². The molecule has 20 heavy (non-hydrogen) atoms. The number of aryl methyl sites for hydroxylation is 1. The van der Waals surface area contributed by atoms with Crippen LogP contribution < -0.4 is 5.73 Å². The van der Waals surface area contributed by atoms with Gasteiger partial charge in [0.1, 0.15) is 5.01 Å². The minimum absolute atomic E-state index is 0.346.